The SMILES string of the molecule is O=P(c1ccccc1)(c1ccccc1)c1ccc(-c2c(-c3cccc(-c4ccccc4)c3)sc3c2c(-c2ccccc2)nc2ccccc23)cc1.c1ccc(-c2cccc(-c3sc4c(c(-c5ccccc5)nc5ccccc54)c3-c3ccc(-c4nc(-c5ccccc5)nc5ccccc45)cc3)c2)cc1.c1ccc(-c2cccc(-c3sc4c(c(-c5ccccc5)nc5ccccc54)c3-c3ccc(-c4nc5ccccc5o4)cc3)c2)cc1. The minimum absolute atomic E-state index is 0.622. The summed E-state index contributed by atoms with van der Waals surface area (Å²) in [5, 5.41) is 10.4. The van der Waals surface area contributed by atoms with E-state index in [2.05, 4.69) is 425 Å². The zero-order valence-corrected chi connectivity index (χ0v) is 84.4. The van der Waals surface area contributed by atoms with Crippen molar-refractivity contribution in [2.75, 3.05) is 0 Å². The molecule has 0 spiro atoms. The van der Waals surface area contributed by atoms with Crippen LogP contribution >= 0.6 is 41.2 Å². The highest BCUT2D eigenvalue weighted by Gasteiger charge is 2.33. The van der Waals surface area contributed by atoms with Gasteiger partial charge in [-0.15, -0.1) is 34.0 Å². The average Bonchev–Trinajstić information content (AvgIpc) is 1.58. The number of nitrogens with zero attached hydrogens (tertiary/aromatic N) is 6. The lowest BCUT2D eigenvalue weighted by molar-refractivity contribution is 0.592. The van der Waals surface area contributed by atoms with Gasteiger partial charge >= 0.3 is 0 Å². The summed E-state index contributed by atoms with van der Waals surface area (Å²) in [4.78, 5) is 34.5. The third-order valence-corrected chi connectivity index (χ3v) is 34.9. The van der Waals surface area contributed by atoms with Gasteiger partial charge in [-0.05, 0) is 133 Å². The Bertz CT molecular complexity index is 9860. The van der Waals surface area contributed by atoms with E-state index >= 15 is 4.57 Å². The number of para-hydroxylation sites is 6. The molecule has 8 nitrogen and oxygen atoms in total. The molecule has 20 aromatic carbocycles. The smallest absolute Gasteiger partial charge is 0.227 e. The highest BCUT2D eigenvalue weighted by atomic mass is 32.1. The van der Waals surface area contributed by atoms with Crippen LogP contribution in [-0.2, 0) is 4.57 Å². The number of fused-ring (bicyclic) bond motifs is 11. The van der Waals surface area contributed by atoms with E-state index in [1.54, 1.807) is 0 Å². The van der Waals surface area contributed by atoms with Gasteiger partial charge in [0.05, 0.1) is 44.8 Å². The first-order chi connectivity index (χ1) is 74.3. The molecule has 28 aromatic rings. The second-order valence-corrected chi connectivity index (χ2v) is 43.0. The number of rotatable bonds is 18. The van der Waals surface area contributed by atoms with E-state index in [9.17, 15) is 0 Å². The van der Waals surface area contributed by atoms with E-state index in [0.717, 1.165) is 166 Å². The minimum Gasteiger partial charge on any atom is -0.436 e. The zero-order chi connectivity index (χ0) is 99.8. The third-order valence-electron chi connectivity index (χ3n) is 28.0. The molecule has 0 aliphatic rings. The Morgan fingerprint density at radius 3 is 0.800 bits per heavy atom. The lowest BCUT2D eigenvalue weighted by Crippen LogP contribution is -2.24. The van der Waals surface area contributed by atoms with Crippen LogP contribution in [0.1, 0.15) is 0 Å². The Morgan fingerprint density at radius 2 is 0.440 bits per heavy atom. The number of hydrogen-bond acceptors (Lipinski definition) is 11. The van der Waals surface area contributed by atoms with E-state index in [4.69, 9.17) is 34.3 Å². The second-order valence-electron chi connectivity index (χ2n) is 37.1. The maximum atomic E-state index is 15.3. The molecule has 0 unspecified atom stereocenters. The third kappa shape index (κ3) is 17.4. The van der Waals surface area contributed by atoms with Gasteiger partial charge in [-0.25, -0.2) is 29.9 Å². The van der Waals surface area contributed by atoms with Crippen LogP contribution in [0.15, 0.2) is 544 Å². The standard InChI is InChI=1S/C49H31N3S.C47H32NOPS.C42H26N2OS/c1-4-15-32(16-5-1)37-21-14-22-38(31-37)47-43(44-46(34-17-6-2-7-18-34)50-42-26-13-11-24-40(42)48(44)53-47)33-27-29-35(30-28-33)45-39-23-10-12-25-41(39)51-49(52-45)36-19-8-3-9-20-36;49-50(38-22-9-3-10-23-38,39-24-11-4-12-25-39)40-30-28-34(29-31-40)43-44-45(35-18-7-2-8-19-35)48-42-27-14-13-26-41(42)47(44)51-46(43)37-21-15-20-36(32-37)33-16-5-1-6-17-33;1-3-12-27(13-4-1)31-16-11-17-32(26-31)40-37(28-22-24-30(25-23-28)42-44-35-20-9-10-21-36(35)45-42)38-39(29-14-5-2-6-15-29)43-34-19-8-7-18-33(34)41(38)46-40/h1-31H;1-32H;1-26H. The number of oxazole rings is 1. The lowest BCUT2D eigenvalue weighted by atomic mass is 9.93. The summed E-state index contributed by atoms with van der Waals surface area (Å²) in [5.74, 6) is 1.34. The minimum atomic E-state index is -3.13. The molecule has 8 heterocycles. The summed E-state index contributed by atoms with van der Waals surface area (Å²) in [6.07, 6.45) is 0. The fourth-order valence-electron chi connectivity index (χ4n) is 20.8. The zero-order valence-electron chi connectivity index (χ0n) is 81.1. The van der Waals surface area contributed by atoms with Gasteiger partial charge in [0.2, 0.25) is 5.89 Å². The number of benzene rings is 20. The monoisotopic (exact) mass is 1990 g/mol. The average molecular weight is 1990 g/mol. The van der Waals surface area contributed by atoms with Crippen molar-refractivity contribution in [2.24, 2.45) is 0 Å². The van der Waals surface area contributed by atoms with Crippen LogP contribution in [0, 0.1) is 0 Å². The molecule has 0 aliphatic carbocycles. The van der Waals surface area contributed by atoms with Crippen molar-refractivity contribution in [1.82, 2.24) is 29.9 Å². The largest absolute Gasteiger partial charge is 0.436 e. The van der Waals surface area contributed by atoms with Gasteiger partial charge in [0.15, 0.2) is 18.5 Å². The molecule has 150 heavy (non-hydrogen) atoms. The molecule has 0 fully saturated rings. The first-order valence-corrected chi connectivity index (χ1v) is 54.3. The molecule has 0 radical (unpaired) electrons. The van der Waals surface area contributed by atoms with E-state index in [-0.39, 0.29) is 0 Å². The highest BCUT2D eigenvalue weighted by molar-refractivity contribution is 7.85. The van der Waals surface area contributed by atoms with Crippen LogP contribution in [0.3, 0.4) is 0 Å². The van der Waals surface area contributed by atoms with Crippen LogP contribution in [0.2, 0.25) is 0 Å². The Balaban J connectivity index is 0.000000114. The summed E-state index contributed by atoms with van der Waals surface area (Å²) in [6.45, 7) is 0. The molecule has 28 rings (SSSR count). The highest BCUT2D eigenvalue weighted by Crippen LogP contribution is 2.56. The summed E-state index contributed by atoms with van der Waals surface area (Å²) in [5.41, 5.74) is 33.2. The Hall–Kier alpha value is -18.5. The molecule has 0 atom stereocenters. The van der Waals surface area contributed by atoms with Gasteiger partial charge in [0.1, 0.15) is 5.52 Å². The molecule has 0 saturated carbocycles. The Morgan fingerprint density at radius 1 is 0.180 bits per heavy atom. The first kappa shape index (κ1) is 91.5. The molecule has 0 amide bonds. The summed E-state index contributed by atoms with van der Waals surface area (Å²) in [7, 11) is -3.13. The van der Waals surface area contributed by atoms with Crippen LogP contribution in [0.5, 0.6) is 0 Å². The quantitative estimate of drug-likeness (QED) is 0.0782. The van der Waals surface area contributed by atoms with Gasteiger partial charge < -0.3 is 8.98 Å². The summed E-state index contributed by atoms with van der Waals surface area (Å²) in [6, 6.07) is 188. The van der Waals surface area contributed by atoms with Crippen LogP contribution in [-0.4, -0.2) is 29.9 Å². The number of thiophene rings is 3. The number of aromatic nitrogens is 6. The van der Waals surface area contributed by atoms with Crippen molar-refractivity contribution in [3.05, 3.63) is 540 Å². The molecule has 8 aromatic heterocycles. The predicted molar refractivity (Wildman–Crippen MR) is 633 cm³/mol. The molecule has 0 saturated heterocycles. The molecule has 12 heteroatoms. The van der Waals surface area contributed by atoms with Crippen molar-refractivity contribution in [2.45, 2.75) is 0 Å². The normalized spacial score (nSPS) is 11.5. The molecule has 0 bridgehead atoms. The Kier molecular flexibility index (Phi) is 24.5. The van der Waals surface area contributed by atoms with Gasteiger partial charge in [0, 0.05) is 132 Å². The maximum Gasteiger partial charge on any atom is 0.227 e. The van der Waals surface area contributed by atoms with Crippen LogP contribution in [0.4, 0.5) is 0 Å². The van der Waals surface area contributed by atoms with Crippen molar-refractivity contribution in [3.63, 3.8) is 0 Å². The van der Waals surface area contributed by atoms with Gasteiger partial charge in [-0.2, -0.15) is 0 Å². The van der Waals surface area contributed by atoms with Crippen molar-refractivity contribution >= 4 is 142 Å². The molecule has 0 aliphatic heterocycles. The van der Waals surface area contributed by atoms with E-state index in [1.165, 1.54) is 95.1 Å². The maximum absolute atomic E-state index is 15.3. The fraction of sp³-hybridized carbons (Fsp3) is 0. The van der Waals surface area contributed by atoms with E-state index in [1.807, 2.05) is 149 Å². The van der Waals surface area contributed by atoms with Crippen LogP contribution < -0.4 is 15.9 Å². The summed E-state index contributed by atoms with van der Waals surface area (Å²) >= 11 is 5.52. The summed E-state index contributed by atoms with van der Waals surface area (Å²) < 4.78 is 25.1. The molecule has 0 N–H and O–H groups in total. The van der Waals surface area contributed by atoms with Crippen LogP contribution in [0.25, 0.3) is 251 Å². The lowest BCUT2D eigenvalue weighted by Gasteiger charge is -2.20. The van der Waals surface area contributed by atoms with Crippen molar-refractivity contribution < 1.29 is 8.98 Å². The second kappa shape index (κ2) is 40.2. The number of pyridine rings is 3. The predicted octanol–water partition coefficient (Wildman–Crippen LogP) is 37.1. The van der Waals surface area contributed by atoms with Gasteiger partial charge in [-0.3, -0.25) is 0 Å². The molecular weight excluding hydrogens is 1900 g/mol. The first-order valence-electron chi connectivity index (χ1n) is 50.2. The fourth-order valence-corrected chi connectivity index (χ4v) is 27.5. The van der Waals surface area contributed by atoms with Gasteiger partial charge in [0.25, 0.3) is 0 Å². The van der Waals surface area contributed by atoms with Gasteiger partial charge in [-0.1, -0.05) is 473 Å². The van der Waals surface area contributed by atoms with Crippen molar-refractivity contribution in [3.8, 4) is 166 Å². The molecule has 706 valence electrons. The molecular formula is C138H89N6O2PS3. The Labute approximate surface area is 879 Å². The van der Waals surface area contributed by atoms with E-state index in [0.29, 0.717) is 5.89 Å². The topological polar surface area (TPSA) is 108 Å². The van der Waals surface area contributed by atoms with Crippen molar-refractivity contribution in [1.29, 1.82) is 0 Å². The number of hydrogen-bond donors (Lipinski definition) is 0. The van der Waals surface area contributed by atoms with E-state index < -0.39 is 7.14 Å².